The fourth-order valence-corrected chi connectivity index (χ4v) is 2.28. The number of nitrogens with two attached hydrogens (primary N) is 1. The number of urea groups is 1. The van der Waals surface area contributed by atoms with Crippen LogP contribution in [-0.4, -0.2) is 47.5 Å². The minimum atomic E-state index is -0.826. The maximum Gasteiger partial charge on any atom is 0.314 e. The summed E-state index contributed by atoms with van der Waals surface area (Å²) >= 11 is 0. The van der Waals surface area contributed by atoms with E-state index < -0.39 is 12.0 Å². The molecule has 1 fully saturated rings. The Kier molecular flexibility index (Phi) is 6.27. The molecule has 0 aromatic rings. The SMILES string of the molecule is CC(CCC(=O)O)CNC(=O)C1CCCN(C(N)=O)C1. The second-order valence-electron chi connectivity index (χ2n) is 5.41. The molecule has 0 radical (unpaired) electrons. The maximum absolute atomic E-state index is 12.0. The highest BCUT2D eigenvalue weighted by Gasteiger charge is 2.27. The van der Waals surface area contributed by atoms with Crippen LogP contribution in [0, 0.1) is 11.8 Å². The average Bonchev–Trinajstić information content (AvgIpc) is 2.42. The molecular weight excluding hydrogens is 262 g/mol. The number of amides is 3. The summed E-state index contributed by atoms with van der Waals surface area (Å²) < 4.78 is 0. The van der Waals surface area contributed by atoms with Crippen molar-refractivity contribution in [2.75, 3.05) is 19.6 Å². The molecule has 2 atom stereocenters. The number of likely N-dealkylation sites (tertiary alicyclic amines) is 1. The molecule has 2 unspecified atom stereocenters. The third-order valence-corrected chi connectivity index (χ3v) is 3.58. The minimum absolute atomic E-state index is 0.0851. The lowest BCUT2D eigenvalue weighted by molar-refractivity contribution is -0.137. The van der Waals surface area contributed by atoms with Crippen molar-refractivity contribution in [1.82, 2.24) is 10.2 Å². The highest BCUT2D eigenvalue weighted by Crippen LogP contribution is 2.16. The molecule has 0 aromatic heterocycles. The molecule has 7 heteroatoms. The van der Waals surface area contributed by atoms with E-state index in [0.717, 1.165) is 12.8 Å². The number of aliphatic carboxylic acids is 1. The summed E-state index contributed by atoms with van der Waals surface area (Å²) in [5.41, 5.74) is 5.22. The molecule has 0 bridgehead atoms. The van der Waals surface area contributed by atoms with Crippen LogP contribution in [0.3, 0.4) is 0 Å². The third-order valence-electron chi connectivity index (χ3n) is 3.58. The molecule has 1 rings (SSSR count). The molecular formula is C13H23N3O4. The quantitative estimate of drug-likeness (QED) is 0.655. The number of nitrogens with one attached hydrogen (secondary N) is 1. The molecule has 1 aliphatic rings. The number of hydrogen-bond donors (Lipinski definition) is 3. The summed E-state index contributed by atoms with van der Waals surface area (Å²) in [5.74, 6) is -1.01. The Morgan fingerprint density at radius 1 is 1.45 bits per heavy atom. The Morgan fingerprint density at radius 3 is 2.75 bits per heavy atom. The monoisotopic (exact) mass is 285 g/mol. The standard InChI is InChI=1S/C13H23N3O4/c1-9(4-5-11(17)18)7-15-12(19)10-3-2-6-16(8-10)13(14)20/h9-10H,2-8H2,1H3,(H2,14,20)(H,15,19)(H,17,18). The van der Waals surface area contributed by atoms with E-state index in [1.807, 2.05) is 6.92 Å². The highest BCUT2D eigenvalue weighted by atomic mass is 16.4. The minimum Gasteiger partial charge on any atom is -0.481 e. The first kappa shape index (κ1) is 16.3. The highest BCUT2D eigenvalue weighted by molar-refractivity contribution is 5.80. The van der Waals surface area contributed by atoms with Crippen molar-refractivity contribution in [2.45, 2.75) is 32.6 Å². The Labute approximate surface area is 118 Å². The van der Waals surface area contributed by atoms with Gasteiger partial charge in [0.25, 0.3) is 0 Å². The van der Waals surface area contributed by atoms with Crippen LogP contribution in [0.15, 0.2) is 0 Å². The van der Waals surface area contributed by atoms with Gasteiger partial charge in [-0.3, -0.25) is 9.59 Å². The Balaban J connectivity index is 2.31. The van der Waals surface area contributed by atoms with Crippen LogP contribution >= 0.6 is 0 Å². The molecule has 0 saturated carbocycles. The second-order valence-corrected chi connectivity index (χ2v) is 5.41. The first-order valence-electron chi connectivity index (χ1n) is 6.94. The summed E-state index contributed by atoms with van der Waals surface area (Å²) in [6.45, 7) is 3.33. The Bertz CT molecular complexity index is 373. The summed E-state index contributed by atoms with van der Waals surface area (Å²) in [4.78, 5) is 35.0. The van der Waals surface area contributed by atoms with Crippen LogP contribution in [0.25, 0.3) is 0 Å². The maximum atomic E-state index is 12.0. The smallest absolute Gasteiger partial charge is 0.314 e. The van der Waals surface area contributed by atoms with Gasteiger partial charge >= 0.3 is 12.0 Å². The summed E-state index contributed by atoms with van der Waals surface area (Å²) in [7, 11) is 0. The molecule has 114 valence electrons. The number of carbonyl (C=O) groups is 3. The van der Waals surface area contributed by atoms with E-state index in [4.69, 9.17) is 10.8 Å². The van der Waals surface area contributed by atoms with E-state index in [0.29, 0.717) is 26.1 Å². The summed E-state index contributed by atoms with van der Waals surface area (Å²) in [5, 5.41) is 11.4. The number of piperidine rings is 1. The van der Waals surface area contributed by atoms with Gasteiger partial charge in [0.15, 0.2) is 0 Å². The van der Waals surface area contributed by atoms with Crippen LogP contribution in [0.1, 0.15) is 32.6 Å². The molecule has 4 N–H and O–H groups in total. The van der Waals surface area contributed by atoms with E-state index in [-0.39, 0.29) is 24.2 Å². The molecule has 1 aliphatic heterocycles. The van der Waals surface area contributed by atoms with Crippen molar-refractivity contribution >= 4 is 17.9 Å². The van der Waals surface area contributed by atoms with Crippen molar-refractivity contribution in [3.8, 4) is 0 Å². The molecule has 0 aliphatic carbocycles. The predicted molar refractivity (Wildman–Crippen MR) is 72.9 cm³/mol. The van der Waals surface area contributed by atoms with Gasteiger partial charge in [-0.05, 0) is 25.2 Å². The molecule has 1 heterocycles. The van der Waals surface area contributed by atoms with Crippen molar-refractivity contribution in [3.63, 3.8) is 0 Å². The molecule has 0 aromatic carbocycles. The van der Waals surface area contributed by atoms with E-state index in [9.17, 15) is 14.4 Å². The van der Waals surface area contributed by atoms with Crippen LogP contribution in [0.2, 0.25) is 0 Å². The zero-order chi connectivity index (χ0) is 15.1. The molecule has 20 heavy (non-hydrogen) atoms. The predicted octanol–water partition coefficient (Wildman–Crippen LogP) is 0.394. The topological polar surface area (TPSA) is 113 Å². The van der Waals surface area contributed by atoms with Gasteiger partial charge in [-0.1, -0.05) is 6.92 Å². The first-order chi connectivity index (χ1) is 9.40. The van der Waals surface area contributed by atoms with Crippen LogP contribution in [-0.2, 0) is 9.59 Å². The van der Waals surface area contributed by atoms with E-state index >= 15 is 0 Å². The first-order valence-corrected chi connectivity index (χ1v) is 6.94. The fraction of sp³-hybridized carbons (Fsp3) is 0.769. The number of nitrogens with zero attached hydrogens (tertiary/aromatic N) is 1. The summed E-state index contributed by atoms with van der Waals surface area (Å²) in [6.07, 6.45) is 2.17. The van der Waals surface area contributed by atoms with Gasteiger partial charge in [0.05, 0.1) is 5.92 Å². The number of carboxylic acids is 1. The van der Waals surface area contributed by atoms with Crippen molar-refractivity contribution in [2.24, 2.45) is 17.6 Å². The molecule has 1 saturated heterocycles. The van der Waals surface area contributed by atoms with E-state index in [1.165, 1.54) is 4.90 Å². The Hall–Kier alpha value is -1.79. The average molecular weight is 285 g/mol. The zero-order valence-electron chi connectivity index (χ0n) is 11.8. The lowest BCUT2D eigenvalue weighted by atomic mass is 9.97. The lowest BCUT2D eigenvalue weighted by Gasteiger charge is -2.30. The lowest BCUT2D eigenvalue weighted by Crippen LogP contribution is -2.47. The molecule has 3 amide bonds. The summed E-state index contributed by atoms with van der Waals surface area (Å²) in [6, 6.07) is -0.489. The molecule has 7 nitrogen and oxygen atoms in total. The van der Waals surface area contributed by atoms with Gasteiger partial charge in [-0.25, -0.2) is 4.79 Å². The molecule has 0 spiro atoms. The second kappa shape index (κ2) is 7.72. The van der Waals surface area contributed by atoms with Crippen LogP contribution in [0.4, 0.5) is 4.79 Å². The number of rotatable bonds is 6. The number of hydrogen-bond acceptors (Lipinski definition) is 3. The number of carboxylic acid groups (broad SMARTS) is 1. The Morgan fingerprint density at radius 2 is 2.15 bits per heavy atom. The van der Waals surface area contributed by atoms with Gasteiger partial charge < -0.3 is 21.1 Å². The van der Waals surface area contributed by atoms with E-state index in [1.54, 1.807) is 0 Å². The van der Waals surface area contributed by atoms with Crippen LogP contribution < -0.4 is 11.1 Å². The van der Waals surface area contributed by atoms with Gasteiger partial charge in [0, 0.05) is 26.1 Å². The largest absolute Gasteiger partial charge is 0.481 e. The normalized spacial score (nSPS) is 20.2. The van der Waals surface area contributed by atoms with Gasteiger partial charge in [-0.15, -0.1) is 0 Å². The van der Waals surface area contributed by atoms with Crippen molar-refractivity contribution in [3.05, 3.63) is 0 Å². The zero-order valence-corrected chi connectivity index (χ0v) is 11.8. The fourth-order valence-electron chi connectivity index (χ4n) is 2.28. The van der Waals surface area contributed by atoms with Crippen molar-refractivity contribution in [1.29, 1.82) is 0 Å². The third kappa shape index (κ3) is 5.46. The van der Waals surface area contributed by atoms with Crippen LogP contribution in [0.5, 0.6) is 0 Å². The van der Waals surface area contributed by atoms with E-state index in [2.05, 4.69) is 5.32 Å². The number of carbonyl (C=O) groups excluding carboxylic acids is 2. The van der Waals surface area contributed by atoms with Gasteiger partial charge in [-0.2, -0.15) is 0 Å². The van der Waals surface area contributed by atoms with Gasteiger partial charge in [0.2, 0.25) is 5.91 Å². The van der Waals surface area contributed by atoms with Crippen molar-refractivity contribution < 1.29 is 19.5 Å². The number of primary amides is 1. The van der Waals surface area contributed by atoms with Gasteiger partial charge in [0.1, 0.15) is 0 Å².